The van der Waals surface area contributed by atoms with Gasteiger partial charge in [0.1, 0.15) is 0 Å². The molecule has 0 atom stereocenters. The quantitative estimate of drug-likeness (QED) is 0.154. The lowest BCUT2D eigenvalue weighted by molar-refractivity contribution is 0.589. The highest BCUT2D eigenvalue weighted by Gasteiger charge is 2.50. The van der Waals surface area contributed by atoms with Crippen molar-refractivity contribution in [3.63, 3.8) is 0 Å². The van der Waals surface area contributed by atoms with E-state index in [-0.39, 0.29) is 29.9 Å². The number of hydrogen-bond donors (Lipinski definition) is 0. The lowest BCUT2D eigenvalue weighted by Gasteiger charge is -2.45. The largest absolute Gasteiger partial charge is 0.421 e. The van der Waals surface area contributed by atoms with Crippen LogP contribution < -0.4 is 41.3 Å². The van der Waals surface area contributed by atoms with Crippen molar-refractivity contribution < 1.29 is 0 Å². The zero-order valence-electron chi connectivity index (χ0n) is 51.3. The van der Waals surface area contributed by atoms with Gasteiger partial charge in [-0.05, 0) is 208 Å². The number of nitrogens with zero attached hydrogens (tertiary/aromatic N) is 4. The molecule has 1 aromatic heterocycles. The van der Waals surface area contributed by atoms with Gasteiger partial charge in [-0.1, -0.05) is 177 Å². The van der Waals surface area contributed by atoms with Gasteiger partial charge in [0.25, 0.3) is 6.71 Å². The normalized spacial score (nSPS) is 13.9. The maximum atomic E-state index is 2.68. The first-order valence-corrected chi connectivity index (χ1v) is 30.9. The molecular weight excluding hydrogens is 1030 g/mol. The van der Waals surface area contributed by atoms with Gasteiger partial charge in [-0.3, -0.25) is 0 Å². The maximum absolute atomic E-state index is 2.68. The number of anilines is 10. The van der Waals surface area contributed by atoms with Gasteiger partial charge in [-0.15, -0.1) is 11.3 Å². The molecule has 10 aromatic carbocycles. The molecule has 0 spiro atoms. The van der Waals surface area contributed by atoms with Crippen LogP contribution >= 0.6 is 11.3 Å². The van der Waals surface area contributed by atoms with Crippen LogP contribution in [0.4, 0.5) is 56.9 Å². The van der Waals surface area contributed by atoms with E-state index in [1.54, 1.807) is 0 Å². The maximum Gasteiger partial charge on any atom is 0.421 e. The molecule has 0 saturated heterocycles. The predicted molar refractivity (Wildman–Crippen MR) is 368 cm³/mol. The van der Waals surface area contributed by atoms with Crippen LogP contribution in [0.5, 0.6) is 0 Å². The Bertz CT molecular complexity index is 4420. The Hall–Kier alpha value is -8.25. The number of hydrogen-bond acceptors (Lipinski definition) is 5. The van der Waals surface area contributed by atoms with E-state index >= 15 is 0 Å². The third-order valence-corrected chi connectivity index (χ3v) is 19.5. The van der Waals surface area contributed by atoms with Gasteiger partial charge in [-0.2, -0.15) is 0 Å². The Morgan fingerprint density at radius 1 is 0.345 bits per heavy atom. The third-order valence-electron chi connectivity index (χ3n) is 18.4. The molecule has 0 bridgehead atoms. The minimum Gasteiger partial charge on any atom is -0.360 e. The van der Waals surface area contributed by atoms with E-state index < -0.39 is 0 Å². The van der Waals surface area contributed by atoms with E-state index in [1.165, 1.54) is 143 Å². The van der Waals surface area contributed by atoms with Gasteiger partial charge < -0.3 is 19.4 Å². The highest BCUT2D eigenvalue weighted by molar-refractivity contribution is 7.25. The van der Waals surface area contributed by atoms with E-state index in [1.807, 2.05) is 11.3 Å². The number of rotatable bonds is 6. The predicted octanol–water partition coefficient (Wildman–Crippen LogP) is 18.9. The summed E-state index contributed by atoms with van der Waals surface area (Å²) in [5.41, 5.74) is 29.9. The van der Waals surface area contributed by atoms with Crippen molar-refractivity contribution in [2.45, 2.75) is 113 Å². The standard InChI is InChI=1S/C77H74B2N4S/c1-47-37-68-73-69(38-47)81(74-50(4)39-53(40-51(74)5)52-29-35-61-60-27-21-22-28-70(60)84-71(61)43-52)65-46-67-66(45-63(65)78(73)62-36-32-55(76(9,10)11)44-64(62)80(68)57-33-30-54(31-34-57)75(6,7)8)82(58-23-17-15-18-24-58)79(83(67)59-25-19-16-20-26-59)72-48(2)41-56(42-49(72)3)77(12,13)14/h15-46H,1-14H3. The van der Waals surface area contributed by atoms with Crippen LogP contribution in [0.1, 0.15) is 107 Å². The van der Waals surface area contributed by atoms with Gasteiger partial charge in [0.05, 0.1) is 17.1 Å². The molecule has 3 aliphatic heterocycles. The highest BCUT2D eigenvalue weighted by Crippen LogP contribution is 2.53. The van der Waals surface area contributed by atoms with Gasteiger partial charge in [0.15, 0.2) is 0 Å². The monoisotopic (exact) mass is 1110 g/mol. The van der Waals surface area contributed by atoms with E-state index in [4.69, 9.17) is 0 Å². The summed E-state index contributed by atoms with van der Waals surface area (Å²) in [6, 6.07) is 75.0. The fourth-order valence-corrected chi connectivity index (χ4v) is 15.3. The summed E-state index contributed by atoms with van der Waals surface area (Å²) in [7, 11) is 0. The second-order valence-electron chi connectivity index (χ2n) is 27.4. The topological polar surface area (TPSA) is 13.0 Å². The lowest BCUT2D eigenvalue weighted by Crippen LogP contribution is -2.61. The average molecular weight is 1110 g/mol. The number of aryl methyl sites for hydroxylation is 5. The number of thiophene rings is 1. The van der Waals surface area contributed by atoms with Crippen LogP contribution in [0.25, 0.3) is 31.3 Å². The van der Waals surface area contributed by atoms with Gasteiger partial charge in [0.2, 0.25) is 0 Å². The van der Waals surface area contributed by atoms with Gasteiger partial charge in [-0.25, -0.2) is 0 Å². The van der Waals surface area contributed by atoms with E-state index in [9.17, 15) is 0 Å². The zero-order chi connectivity index (χ0) is 58.5. The molecule has 84 heavy (non-hydrogen) atoms. The van der Waals surface area contributed by atoms with E-state index in [0.717, 1.165) is 11.4 Å². The molecule has 0 unspecified atom stereocenters. The molecule has 7 heteroatoms. The summed E-state index contributed by atoms with van der Waals surface area (Å²) in [5.74, 6) is 0. The summed E-state index contributed by atoms with van der Waals surface area (Å²) in [5, 5.41) is 2.65. The van der Waals surface area contributed by atoms with E-state index in [0.29, 0.717) is 0 Å². The highest BCUT2D eigenvalue weighted by atomic mass is 32.1. The van der Waals surface area contributed by atoms with Crippen LogP contribution in [-0.2, 0) is 16.2 Å². The van der Waals surface area contributed by atoms with Crippen molar-refractivity contribution in [3.8, 4) is 11.1 Å². The van der Waals surface area contributed by atoms with Crippen LogP contribution in [-0.4, -0.2) is 13.7 Å². The zero-order valence-corrected chi connectivity index (χ0v) is 52.1. The summed E-state index contributed by atoms with van der Waals surface area (Å²) in [6.07, 6.45) is 0. The van der Waals surface area contributed by atoms with Crippen molar-refractivity contribution in [2.24, 2.45) is 0 Å². The lowest BCUT2D eigenvalue weighted by atomic mass is 9.33. The fourth-order valence-electron chi connectivity index (χ4n) is 14.2. The Morgan fingerprint density at radius 3 is 1.49 bits per heavy atom. The molecule has 414 valence electrons. The van der Waals surface area contributed by atoms with Crippen molar-refractivity contribution >= 4 is 124 Å². The van der Waals surface area contributed by atoms with Crippen molar-refractivity contribution in [3.05, 3.63) is 239 Å². The van der Waals surface area contributed by atoms with Gasteiger partial charge in [0, 0.05) is 60.0 Å². The van der Waals surface area contributed by atoms with Crippen molar-refractivity contribution in [2.75, 3.05) is 19.4 Å². The Kier molecular flexibility index (Phi) is 12.4. The van der Waals surface area contributed by atoms with E-state index in [2.05, 4.69) is 310 Å². The first-order valence-electron chi connectivity index (χ1n) is 30.1. The summed E-state index contributed by atoms with van der Waals surface area (Å²) in [6.45, 7) is 32.3. The minimum atomic E-state index is -0.197. The second kappa shape index (κ2) is 19.4. The molecule has 0 saturated carbocycles. The molecule has 4 nitrogen and oxygen atoms in total. The van der Waals surface area contributed by atoms with Crippen LogP contribution in [0.2, 0.25) is 0 Å². The Balaban J connectivity index is 1.07. The Labute approximate surface area is 503 Å². The molecule has 0 radical (unpaired) electrons. The van der Waals surface area contributed by atoms with Crippen LogP contribution in [0.15, 0.2) is 194 Å². The molecule has 4 heterocycles. The number of benzene rings is 10. The molecular formula is C77H74B2N4S. The van der Waals surface area contributed by atoms with Crippen LogP contribution in [0, 0.1) is 34.6 Å². The molecule has 0 fully saturated rings. The molecule has 0 N–H and O–H groups in total. The van der Waals surface area contributed by atoms with Crippen molar-refractivity contribution in [1.29, 1.82) is 0 Å². The summed E-state index contributed by atoms with van der Waals surface area (Å²) >= 11 is 1.89. The van der Waals surface area contributed by atoms with Gasteiger partial charge >= 0.3 is 6.98 Å². The number of fused-ring (bicyclic) bond motifs is 8. The Morgan fingerprint density at radius 2 is 0.881 bits per heavy atom. The SMILES string of the molecule is Cc1cc2c3c(c1)N(c1c(C)cc(-c4ccc5c(c4)sc4ccccc45)cc1C)c1cc4c(cc1B3c1ccc(C(C)(C)C)cc1N2c1ccc(C(C)(C)C)cc1)N(c1ccccc1)B(c1c(C)cc(C(C)(C)C)cc1C)N4c1ccccc1. The summed E-state index contributed by atoms with van der Waals surface area (Å²) < 4.78 is 2.64. The first-order chi connectivity index (χ1) is 40.1. The van der Waals surface area contributed by atoms with Crippen molar-refractivity contribution in [1.82, 2.24) is 0 Å². The second-order valence-corrected chi connectivity index (χ2v) is 28.5. The average Bonchev–Trinajstić information content (AvgIpc) is 1.13. The molecule has 0 amide bonds. The first kappa shape index (κ1) is 53.7. The van der Waals surface area contributed by atoms with Crippen LogP contribution in [0.3, 0.4) is 0 Å². The molecule has 0 aliphatic carbocycles. The molecule has 3 aliphatic rings. The number of para-hydroxylation sites is 2. The smallest absolute Gasteiger partial charge is 0.360 e. The summed E-state index contributed by atoms with van der Waals surface area (Å²) in [4.78, 5) is 10.6. The third kappa shape index (κ3) is 8.62. The fraction of sp³-hybridized carbons (Fsp3) is 0.221. The molecule has 11 aromatic rings. The molecule has 14 rings (SSSR count). The minimum absolute atomic E-state index is 0.00368.